The normalized spacial score (nSPS) is 12.4. The molecule has 28 heavy (non-hydrogen) atoms. The van der Waals surface area contributed by atoms with Crippen LogP contribution in [0.2, 0.25) is 0 Å². The van der Waals surface area contributed by atoms with Crippen molar-refractivity contribution in [3.8, 4) is 11.5 Å². The maximum absolute atomic E-state index is 13.6. The summed E-state index contributed by atoms with van der Waals surface area (Å²) < 4.78 is 62.1. The molecule has 0 aliphatic rings. The number of aliphatic hydroxyl groups is 1. The molecule has 0 radical (unpaired) electrons. The summed E-state index contributed by atoms with van der Waals surface area (Å²) in [6.45, 7) is -1.02. The Kier molecular flexibility index (Phi) is 7.64. The zero-order valence-corrected chi connectivity index (χ0v) is 15.9. The molecule has 152 valence electrons. The van der Waals surface area contributed by atoms with Crippen molar-refractivity contribution < 1.29 is 36.9 Å². The average molecular weight is 466 g/mol. The zero-order chi connectivity index (χ0) is 20.7. The first-order valence-electron chi connectivity index (χ1n) is 7.98. The van der Waals surface area contributed by atoms with Crippen LogP contribution in [0.15, 0.2) is 46.9 Å². The first-order chi connectivity index (χ1) is 13.1. The minimum absolute atomic E-state index is 0.0609. The fourth-order valence-corrected chi connectivity index (χ4v) is 2.36. The number of alkyl halides is 3. The Morgan fingerprint density at radius 3 is 2.61 bits per heavy atom. The molecule has 5 nitrogen and oxygen atoms in total. The fourth-order valence-electron chi connectivity index (χ4n) is 2.03. The Morgan fingerprint density at radius 2 is 1.93 bits per heavy atom. The van der Waals surface area contributed by atoms with E-state index in [1.807, 2.05) is 0 Å². The van der Waals surface area contributed by atoms with E-state index in [4.69, 9.17) is 9.47 Å². The Hall–Kier alpha value is -2.33. The average Bonchev–Trinajstić information content (AvgIpc) is 2.63. The van der Waals surface area contributed by atoms with E-state index in [2.05, 4.69) is 21.2 Å². The molecule has 2 aromatic rings. The van der Waals surface area contributed by atoms with Crippen LogP contribution in [0.1, 0.15) is 5.56 Å². The first kappa shape index (κ1) is 22.0. The third-order valence-corrected chi connectivity index (χ3v) is 3.88. The lowest BCUT2D eigenvalue weighted by atomic mass is 10.2. The SMILES string of the molecule is O=C(COc1ccc(Br)cc1F)NCC(O)COc1cccc(C(F)(F)F)c1. The summed E-state index contributed by atoms with van der Waals surface area (Å²) in [4.78, 5) is 11.7. The van der Waals surface area contributed by atoms with E-state index in [1.165, 1.54) is 24.3 Å². The van der Waals surface area contributed by atoms with E-state index in [1.54, 1.807) is 6.07 Å². The minimum atomic E-state index is -4.50. The number of rotatable bonds is 8. The number of hydrogen-bond acceptors (Lipinski definition) is 4. The number of nitrogens with one attached hydrogen (secondary N) is 1. The maximum atomic E-state index is 13.6. The largest absolute Gasteiger partial charge is 0.491 e. The second-order valence-electron chi connectivity index (χ2n) is 5.66. The lowest BCUT2D eigenvalue weighted by molar-refractivity contribution is -0.137. The molecule has 0 aliphatic heterocycles. The molecule has 2 N–H and O–H groups in total. The quantitative estimate of drug-likeness (QED) is 0.585. The van der Waals surface area contributed by atoms with Gasteiger partial charge in [0.15, 0.2) is 18.2 Å². The molecule has 0 saturated carbocycles. The van der Waals surface area contributed by atoms with Gasteiger partial charge in [-0.1, -0.05) is 22.0 Å². The highest BCUT2D eigenvalue weighted by Crippen LogP contribution is 2.31. The van der Waals surface area contributed by atoms with E-state index >= 15 is 0 Å². The predicted molar refractivity (Wildman–Crippen MR) is 95.6 cm³/mol. The number of benzene rings is 2. The molecule has 0 aliphatic carbocycles. The molecule has 0 spiro atoms. The minimum Gasteiger partial charge on any atom is -0.491 e. The number of carbonyl (C=O) groups excluding carboxylic acids is 1. The molecule has 0 bridgehead atoms. The summed E-state index contributed by atoms with van der Waals surface area (Å²) in [6, 6.07) is 8.30. The molecule has 0 aromatic heterocycles. The summed E-state index contributed by atoms with van der Waals surface area (Å²) in [6.07, 6.45) is -5.66. The lowest BCUT2D eigenvalue weighted by Crippen LogP contribution is -2.37. The molecule has 2 aromatic carbocycles. The molecule has 0 fully saturated rings. The molecular formula is C18H16BrF4NO4. The van der Waals surface area contributed by atoms with Crippen LogP contribution in [-0.2, 0) is 11.0 Å². The smallest absolute Gasteiger partial charge is 0.416 e. The van der Waals surface area contributed by atoms with Crippen LogP contribution in [0.4, 0.5) is 17.6 Å². The van der Waals surface area contributed by atoms with E-state index in [-0.39, 0.29) is 24.7 Å². The van der Waals surface area contributed by atoms with Crippen molar-refractivity contribution in [1.29, 1.82) is 0 Å². The van der Waals surface area contributed by atoms with Crippen molar-refractivity contribution in [2.45, 2.75) is 12.3 Å². The van der Waals surface area contributed by atoms with E-state index in [0.717, 1.165) is 12.1 Å². The van der Waals surface area contributed by atoms with Gasteiger partial charge in [0, 0.05) is 11.0 Å². The van der Waals surface area contributed by atoms with Crippen LogP contribution in [0.3, 0.4) is 0 Å². The number of ether oxygens (including phenoxy) is 2. The van der Waals surface area contributed by atoms with Crippen molar-refractivity contribution >= 4 is 21.8 Å². The van der Waals surface area contributed by atoms with Gasteiger partial charge in [0.25, 0.3) is 5.91 Å². The van der Waals surface area contributed by atoms with Gasteiger partial charge in [0.05, 0.1) is 5.56 Å². The molecule has 0 saturated heterocycles. The third-order valence-electron chi connectivity index (χ3n) is 3.39. The van der Waals surface area contributed by atoms with Gasteiger partial charge in [-0.05, 0) is 36.4 Å². The predicted octanol–water partition coefficient (Wildman–Crippen LogP) is 3.54. The summed E-state index contributed by atoms with van der Waals surface area (Å²) in [7, 11) is 0. The maximum Gasteiger partial charge on any atom is 0.416 e. The standard InChI is InChI=1S/C18H16BrF4NO4/c19-12-4-5-16(15(20)7-12)28-10-17(26)24-8-13(25)9-27-14-3-1-2-11(6-14)18(21,22)23/h1-7,13,25H,8-10H2,(H,24,26). The molecule has 1 atom stereocenters. The van der Waals surface area contributed by atoms with E-state index in [9.17, 15) is 27.5 Å². The molecule has 10 heteroatoms. The molecule has 0 heterocycles. The zero-order valence-electron chi connectivity index (χ0n) is 14.3. The van der Waals surface area contributed by atoms with Crippen molar-refractivity contribution in [2.24, 2.45) is 0 Å². The Bertz CT molecular complexity index is 816. The Morgan fingerprint density at radius 1 is 1.18 bits per heavy atom. The summed E-state index contributed by atoms with van der Waals surface area (Å²) in [5, 5.41) is 12.1. The van der Waals surface area contributed by atoms with Crippen LogP contribution < -0.4 is 14.8 Å². The lowest BCUT2D eigenvalue weighted by Gasteiger charge is -2.15. The number of carbonyl (C=O) groups is 1. The van der Waals surface area contributed by atoms with E-state index < -0.39 is 36.2 Å². The van der Waals surface area contributed by atoms with Gasteiger partial charge in [-0.15, -0.1) is 0 Å². The summed E-state index contributed by atoms with van der Waals surface area (Å²) >= 11 is 3.09. The third kappa shape index (κ3) is 7.01. The summed E-state index contributed by atoms with van der Waals surface area (Å²) in [5.41, 5.74) is -0.870. The van der Waals surface area contributed by atoms with Crippen LogP contribution in [0, 0.1) is 5.82 Å². The van der Waals surface area contributed by atoms with Crippen molar-refractivity contribution in [1.82, 2.24) is 5.32 Å². The fraction of sp³-hybridized carbons (Fsp3) is 0.278. The summed E-state index contributed by atoms with van der Waals surface area (Å²) in [5.74, 6) is -1.42. The number of amides is 1. The highest BCUT2D eigenvalue weighted by molar-refractivity contribution is 9.10. The number of halogens is 5. The van der Waals surface area contributed by atoms with Gasteiger partial charge < -0.3 is 19.9 Å². The monoisotopic (exact) mass is 465 g/mol. The molecule has 1 amide bonds. The number of hydrogen-bond donors (Lipinski definition) is 2. The Labute approximate surface area is 166 Å². The van der Waals surface area contributed by atoms with Gasteiger partial charge in [0.1, 0.15) is 18.5 Å². The van der Waals surface area contributed by atoms with Gasteiger partial charge in [-0.2, -0.15) is 13.2 Å². The second-order valence-corrected chi connectivity index (χ2v) is 6.57. The van der Waals surface area contributed by atoms with Crippen LogP contribution >= 0.6 is 15.9 Å². The molecule has 2 rings (SSSR count). The van der Waals surface area contributed by atoms with Gasteiger partial charge in [-0.3, -0.25) is 4.79 Å². The van der Waals surface area contributed by atoms with Gasteiger partial charge in [-0.25, -0.2) is 4.39 Å². The van der Waals surface area contributed by atoms with Crippen molar-refractivity contribution in [3.05, 3.63) is 58.3 Å². The molecular weight excluding hydrogens is 450 g/mol. The first-order valence-corrected chi connectivity index (χ1v) is 8.77. The van der Waals surface area contributed by atoms with Crippen LogP contribution in [0.5, 0.6) is 11.5 Å². The topological polar surface area (TPSA) is 67.8 Å². The van der Waals surface area contributed by atoms with Crippen LogP contribution in [0.25, 0.3) is 0 Å². The van der Waals surface area contributed by atoms with Gasteiger partial charge >= 0.3 is 6.18 Å². The van der Waals surface area contributed by atoms with Crippen molar-refractivity contribution in [2.75, 3.05) is 19.8 Å². The Balaban J connectivity index is 1.73. The second kappa shape index (κ2) is 9.74. The van der Waals surface area contributed by atoms with Crippen molar-refractivity contribution in [3.63, 3.8) is 0 Å². The van der Waals surface area contributed by atoms with E-state index in [0.29, 0.717) is 4.47 Å². The molecule has 1 unspecified atom stereocenters. The van der Waals surface area contributed by atoms with Gasteiger partial charge in [0.2, 0.25) is 0 Å². The van der Waals surface area contributed by atoms with Crippen LogP contribution in [-0.4, -0.2) is 36.9 Å². The highest BCUT2D eigenvalue weighted by Gasteiger charge is 2.30. The number of aliphatic hydroxyl groups excluding tert-OH is 1. The highest BCUT2D eigenvalue weighted by atomic mass is 79.9.